The second kappa shape index (κ2) is 6.81. The van der Waals surface area contributed by atoms with Gasteiger partial charge in [-0.1, -0.05) is 6.07 Å². The van der Waals surface area contributed by atoms with E-state index in [4.69, 9.17) is 9.84 Å². The zero-order valence-electron chi connectivity index (χ0n) is 11.6. The summed E-state index contributed by atoms with van der Waals surface area (Å²) in [4.78, 5) is 13.0. The molecule has 0 radical (unpaired) electrons. The molecule has 0 amide bonds. The van der Waals surface area contributed by atoms with Gasteiger partial charge in [-0.15, -0.1) is 0 Å². The molecule has 5 heteroatoms. The molecule has 1 aliphatic rings. The molecule has 0 aromatic heterocycles. The largest absolute Gasteiger partial charge is 0.478 e. The van der Waals surface area contributed by atoms with Crippen molar-refractivity contribution in [3.8, 4) is 0 Å². The number of carbonyl (C=O) groups is 1. The van der Waals surface area contributed by atoms with Gasteiger partial charge in [0.25, 0.3) is 0 Å². The number of halogens is 1. The average molecular weight is 281 g/mol. The Labute approximate surface area is 118 Å². The van der Waals surface area contributed by atoms with E-state index in [0.717, 1.165) is 38.1 Å². The number of piperidine rings is 1. The molecule has 1 aliphatic heterocycles. The zero-order chi connectivity index (χ0) is 14.5. The first-order valence-corrected chi connectivity index (χ1v) is 6.83. The molecule has 20 heavy (non-hydrogen) atoms. The van der Waals surface area contributed by atoms with E-state index < -0.39 is 11.8 Å². The number of hydrogen-bond acceptors (Lipinski definition) is 3. The number of aromatic carboxylic acids is 1. The highest BCUT2D eigenvalue weighted by Crippen LogP contribution is 2.19. The quantitative estimate of drug-likeness (QED) is 0.900. The van der Waals surface area contributed by atoms with Gasteiger partial charge in [-0.3, -0.25) is 4.90 Å². The molecular formula is C15H20FNO3. The Morgan fingerprint density at radius 3 is 3.00 bits per heavy atom. The molecule has 1 aromatic rings. The van der Waals surface area contributed by atoms with Gasteiger partial charge in [0.15, 0.2) is 0 Å². The fourth-order valence-electron chi connectivity index (χ4n) is 2.76. The fourth-order valence-corrected chi connectivity index (χ4v) is 2.76. The van der Waals surface area contributed by atoms with Crippen molar-refractivity contribution in [2.24, 2.45) is 5.92 Å². The highest BCUT2D eigenvalue weighted by Gasteiger charge is 2.20. The van der Waals surface area contributed by atoms with E-state index in [1.54, 1.807) is 13.2 Å². The van der Waals surface area contributed by atoms with Crippen molar-refractivity contribution in [2.45, 2.75) is 19.4 Å². The van der Waals surface area contributed by atoms with Crippen LogP contribution in [0.3, 0.4) is 0 Å². The summed E-state index contributed by atoms with van der Waals surface area (Å²) in [7, 11) is 1.71. The highest BCUT2D eigenvalue weighted by atomic mass is 19.1. The van der Waals surface area contributed by atoms with E-state index in [2.05, 4.69) is 4.90 Å². The van der Waals surface area contributed by atoms with Crippen LogP contribution in [0.25, 0.3) is 0 Å². The Kier molecular flexibility index (Phi) is 5.09. The summed E-state index contributed by atoms with van der Waals surface area (Å²) in [6.45, 7) is 3.33. The molecule has 4 nitrogen and oxygen atoms in total. The summed E-state index contributed by atoms with van der Waals surface area (Å²) < 4.78 is 18.8. The van der Waals surface area contributed by atoms with Gasteiger partial charge in [0.2, 0.25) is 0 Å². The predicted molar refractivity (Wildman–Crippen MR) is 73.2 cm³/mol. The number of carboxylic acid groups (broad SMARTS) is 1. The number of carboxylic acids is 1. The molecule has 1 saturated heterocycles. The van der Waals surface area contributed by atoms with E-state index in [0.29, 0.717) is 12.5 Å². The SMILES string of the molecule is COCC1CCCN(Cc2ccc(C(=O)O)c(F)c2)C1. The van der Waals surface area contributed by atoms with Crippen LogP contribution in [0.2, 0.25) is 0 Å². The maximum absolute atomic E-state index is 13.6. The van der Waals surface area contributed by atoms with Gasteiger partial charge < -0.3 is 9.84 Å². The minimum absolute atomic E-state index is 0.273. The van der Waals surface area contributed by atoms with Crippen LogP contribution in [0.15, 0.2) is 18.2 Å². The first-order valence-electron chi connectivity index (χ1n) is 6.83. The number of hydrogen-bond donors (Lipinski definition) is 1. The number of benzene rings is 1. The molecular weight excluding hydrogens is 261 g/mol. The minimum Gasteiger partial charge on any atom is -0.478 e. The zero-order valence-corrected chi connectivity index (χ0v) is 11.6. The van der Waals surface area contributed by atoms with Gasteiger partial charge in [-0.25, -0.2) is 9.18 Å². The average Bonchev–Trinajstić information content (AvgIpc) is 2.39. The third-order valence-corrected chi connectivity index (χ3v) is 3.68. The van der Waals surface area contributed by atoms with Crippen LogP contribution in [-0.4, -0.2) is 42.8 Å². The monoisotopic (exact) mass is 281 g/mol. The lowest BCUT2D eigenvalue weighted by Crippen LogP contribution is -2.36. The van der Waals surface area contributed by atoms with Crippen molar-refractivity contribution in [3.05, 3.63) is 35.1 Å². The van der Waals surface area contributed by atoms with Crippen molar-refractivity contribution >= 4 is 5.97 Å². The molecule has 1 fully saturated rings. The number of nitrogens with zero attached hydrogens (tertiary/aromatic N) is 1. The lowest BCUT2D eigenvalue weighted by molar-refractivity contribution is 0.0691. The Morgan fingerprint density at radius 2 is 2.35 bits per heavy atom. The Hall–Kier alpha value is -1.46. The fraction of sp³-hybridized carbons (Fsp3) is 0.533. The number of rotatable bonds is 5. The third-order valence-electron chi connectivity index (χ3n) is 3.68. The molecule has 0 saturated carbocycles. The molecule has 1 unspecified atom stereocenters. The van der Waals surface area contributed by atoms with E-state index in [1.165, 1.54) is 12.1 Å². The van der Waals surface area contributed by atoms with Crippen molar-refractivity contribution in [1.29, 1.82) is 0 Å². The number of methoxy groups -OCH3 is 1. The van der Waals surface area contributed by atoms with Crippen molar-refractivity contribution in [3.63, 3.8) is 0 Å². The van der Waals surface area contributed by atoms with Crippen LogP contribution in [0.5, 0.6) is 0 Å². The topological polar surface area (TPSA) is 49.8 Å². The third kappa shape index (κ3) is 3.77. The lowest BCUT2D eigenvalue weighted by atomic mass is 9.98. The molecule has 110 valence electrons. The summed E-state index contributed by atoms with van der Waals surface area (Å²) in [6, 6.07) is 4.35. The van der Waals surface area contributed by atoms with Crippen LogP contribution >= 0.6 is 0 Å². The maximum atomic E-state index is 13.6. The first-order chi connectivity index (χ1) is 9.60. The summed E-state index contributed by atoms with van der Waals surface area (Å²) in [5.41, 5.74) is 0.537. The summed E-state index contributed by atoms with van der Waals surface area (Å²) in [5.74, 6) is -1.37. The van der Waals surface area contributed by atoms with Crippen LogP contribution in [0, 0.1) is 11.7 Å². The second-order valence-electron chi connectivity index (χ2n) is 5.32. The van der Waals surface area contributed by atoms with Crippen LogP contribution in [0.4, 0.5) is 4.39 Å². The molecule has 0 bridgehead atoms. The Bertz CT molecular complexity index is 476. The lowest BCUT2D eigenvalue weighted by Gasteiger charge is -2.32. The molecule has 2 rings (SSSR count). The predicted octanol–water partition coefficient (Wildman–Crippen LogP) is 2.38. The van der Waals surface area contributed by atoms with Crippen molar-refractivity contribution in [2.75, 3.05) is 26.8 Å². The molecule has 1 N–H and O–H groups in total. The van der Waals surface area contributed by atoms with Crippen LogP contribution in [0.1, 0.15) is 28.8 Å². The van der Waals surface area contributed by atoms with Gasteiger partial charge in [-0.05, 0) is 43.0 Å². The van der Waals surface area contributed by atoms with E-state index in [-0.39, 0.29) is 5.56 Å². The van der Waals surface area contributed by atoms with E-state index >= 15 is 0 Å². The Morgan fingerprint density at radius 1 is 1.55 bits per heavy atom. The number of likely N-dealkylation sites (tertiary alicyclic amines) is 1. The van der Waals surface area contributed by atoms with Gasteiger partial charge >= 0.3 is 5.97 Å². The summed E-state index contributed by atoms with van der Waals surface area (Å²) >= 11 is 0. The molecule has 1 heterocycles. The molecule has 1 aromatic carbocycles. The van der Waals surface area contributed by atoms with E-state index in [9.17, 15) is 9.18 Å². The summed E-state index contributed by atoms with van der Waals surface area (Å²) in [6.07, 6.45) is 2.28. The second-order valence-corrected chi connectivity index (χ2v) is 5.32. The maximum Gasteiger partial charge on any atom is 0.338 e. The summed E-state index contributed by atoms with van der Waals surface area (Å²) in [5, 5.41) is 8.81. The van der Waals surface area contributed by atoms with Gasteiger partial charge in [0.05, 0.1) is 12.2 Å². The standard InChI is InChI=1S/C15H20FNO3/c1-20-10-12-3-2-6-17(9-12)8-11-4-5-13(15(18)19)14(16)7-11/h4-5,7,12H,2-3,6,8-10H2,1H3,(H,18,19). The molecule has 1 atom stereocenters. The molecule has 0 aliphatic carbocycles. The first kappa shape index (κ1) is 14.9. The van der Waals surface area contributed by atoms with Crippen molar-refractivity contribution in [1.82, 2.24) is 4.90 Å². The smallest absolute Gasteiger partial charge is 0.338 e. The number of ether oxygens (including phenoxy) is 1. The highest BCUT2D eigenvalue weighted by molar-refractivity contribution is 5.87. The van der Waals surface area contributed by atoms with Crippen molar-refractivity contribution < 1.29 is 19.0 Å². The van der Waals surface area contributed by atoms with Gasteiger partial charge in [0.1, 0.15) is 5.82 Å². The minimum atomic E-state index is -1.23. The van der Waals surface area contributed by atoms with Gasteiger partial charge in [-0.2, -0.15) is 0 Å². The van der Waals surface area contributed by atoms with Gasteiger partial charge in [0, 0.05) is 20.2 Å². The normalized spacial score (nSPS) is 20.0. The Balaban J connectivity index is 1.99. The van der Waals surface area contributed by atoms with Crippen LogP contribution < -0.4 is 0 Å². The van der Waals surface area contributed by atoms with Crippen LogP contribution in [-0.2, 0) is 11.3 Å². The molecule has 0 spiro atoms. The van der Waals surface area contributed by atoms with E-state index in [1.807, 2.05) is 0 Å².